The maximum atomic E-state index is 13.9. The first kappa shape index (κ1) is 13.1. The van der Waals surface area contributed by atoms with Crippen LogP contribution in [-0.2, 0) is 4.79 Å². The van der Waals surface area contributed by atoms with Crippen LogP contribution in [0.15, 0.2) is 48.2 Å². The van der Waals surface area contributed by atoms with E-state index in [1.54, 1.807) is 24.3 Å². The fourth-order valence-electron chi connectivity index (χ4n) is 2.19. The van der Waals surface area contributed by atoms with E-state index in [-0.39, 0.29) is 17.1 Å². The molecule has 0 radical (unpaired) electrons. The highest BCUT2D eigenvalue weighted by Crippen LogP contribution is 2.36. The lowest BCUT2D eigenvalue weighted by Gasteiger charge is -2.25. The Bertz CT molecular complexity index is 757. The maximum Gasteiger partial charge on any atom is 0.267 e. The van der Waals surface area contributed by atoms with Gasteiger partial charge in [-0.05, 0) is 6.07 Å². The number of halogens is 2. The molecule has 0 unspecified atom stereocenters. The lowest BCUT2D eigenvalue weighted by molar-refractivity contribution is -0.114. The molecule has 1 amide bonds. The van der Waals surface area contributed by atoms with Crippen LogP contribution in [0, 0.1) is 11.6 Å². The Balaban J connectivity index is 2.15. The van der Waals surface area contributed by atoms with Crippen LogP contribution in [0.4, 0.5) is 20.2 Å². The molecule has 4 nitrogen and oxygen atoms in total. The number of primary amides is 1. The van der Waals surface area contributed by atoms with Gasteiger partial charge in [-0.3, -0.25) is 4.79 Å². The summed E-state index contributed by atoms with van der Waals surface area (Å²) in [6.07, 6.45) is 0. The highest BCUT2D eigenvalue weighted by molar-refractivity contribution is 6.08. The minimum atomic E-state index is -0.755. The van der Waals surface area contributed by atoms with E-state index < -0.39 is 17.5 Å². The zero-order valence-corrected chi connectivity index (χ0v) is 10.8. The second-order valence-electron chi connectivity index (χ2n) is 4.54. The van der Waals surface area contributed by atoms with Crippen molar-refractivity contribution in [2.45, 2.75) is 0 Å². The van der Waals surface area contributed by atoms with Crippen molar-refractivity contribution in [3.63, 3.8) is 0 Å². The van der Waals surface area contributed by atoms with Gasteiger partial charge in [-0.1, -0.05) is 30.3 Å². The zero-order valence-electron chi connectivity index (χ0n) is 10.8. The Labute approximate surface area is 119 Å². The molecule has 0 bridgehead atoms. The third kappa shape index (κ3) is 2.31. The van der Waals surface area contributed by atoms with Crippen molar-refractivity contribution < 1.29 is 13.6 Å². The summed E-state index contributed by atoms with van der Waals surface area (Å²) in [6, 6.07) is 10.7. The fraction of sp³-hybridized carbons (Fsp3) is 0. The molecule has 0 saturated heterocycles. The van der Waals surface area contributed by atoms with E-state index in [0.29, 0.717) is 11.3 Å². The van der Waals surface area contributed by atoms with E-state index in [0.717, 1.165) is 12.1 Å². The average Bonchev–Trinajstić information content (AvgIpc) is 2.46. The normalized spacial score (nSPS) is 13.2. The molecular formula is C15H11F2N3O. The first-order valence-electron chi connectivity index (χ1n) is 6.19. The van der Waals surface area contributed by atoms with Crippen molar-refractivity contribution in [2.75, 3.05) is 10.6 Å². The molecule has 6 heteroatoms. The highest BCUT2D eigenvalue weighted by atomic mass is 19.1. The molecule has 0 aliphatic carbocycles. The summed E-state index contributed by atoms with van der Waals surface area (Å²) in [7, 11) is 0. The highest BCUT2D eigenvalue weighted by Gasteiger charge is 2.24. The summed E-state index contributed by atoms with van der Waals surface area (Å²) >= 11 is 0. The number of hydrogen-bond acceptors (Lipinski definition) is 3. The van der Waals surface area contributed by atoms with Gasteiger partial charge in [0.05, 0.1) is 17.1 Å². The van der Waals surface area contributed by atoms with Crippen LogP contribution in [0.1, 0.15) is 5.56 Å². The molecule has 106 valence electrons. The van der Waals surface area contributed by atoms with Gasteiger partial charge < -0.3 is 16.4 Å². The standard InChI is InChI=1S/C15H11F2N3O/c16-9-6-10(17)13-11(7-9)19-14(15(18)21)12(20-13)8-4-2-1-3-5-8/h1-7,19-20H,(H2,18,21). The number of carbonyl (C=O) groups is 1. The van der Waals surface area contributed by atoms with Gasteiger partial charge in [-0.25, -0.2) is 8.78 Å². The molecule has 0 aromatic heterocycles. The first-order chi connectivity index (χ1) is 10.1. The summed E-state index contributed by atoms with van der Waals surface area (Å²) in [5.41, 5.74) is 6.60. The van der Waals surface area contributed by atoms with Crippen molar-refractivity contribution in [1.29, 1.82) is 0 Å². The molecule has 0 saturated carbocycles. The lowest BCUT2D eigenvalue weighted by atomic mass is 10.1. The topological polar surface area (TPSA) is 67.2 Å². The van der Waals surface area contributed by atoms with Crippen LogP contribution < -0.4 is 16.4 Å². The number of rotatable bonds is 2. The molecule has 21 heavy (non-hydrogen) atoms. The number of benzene rings is 2. The van der Waals surface area contributed by atoms with Crippen molar-refractivity contribution in [3.05, 3.63) is 65.4 Å². The van der Waals surface area contributed by atoms with Gasteiger partial charge >= 0.3 is 0 Å². The summed E-state index contributed by atoms with van der Waals surface area (Å²) < 4.78 is 27.1. The van der Waals surface area contributed by atoms with Crippen LogP contribution in [0.2, 0.25) is 0 Å². The molecule has 4 N–H and O–H groups in total. The Morgan fingerprint density at radius 1 is 1.05 bits per heavy atom. The molecular weight excluding hydrogens is 276 g/mol. The predicted molar refractivity (Wildman–Crippen MR) is 76.2 cm³/mol. The van der Waals surface area contributed by atoms with E-state index >= 15 is 0 Å². The van der Waals surface area contributed by atoms with Crippen LogP contribution in [0.25, 0.3) is 5.70 Å². The Kier molecular flexibility index (Phi) is 3.06. The predicted octanol–water partition coefficient (Wildman–Crippen LogP) is 2.66. The van der Waals surface area contributed by atoms with Gasteiger partial charge in [-0.15, -0.1) is 0 Å². The average molecular weight is 287 g/mol. The van der Waals surface area contributed by atoms with E-state index in [1.165, 1.54) is 0 Å². The van der Waals surface area contributed by atoms with E-state index in [9.17, 15) is 13.6 Å². The van der Waals surface area contributed by atoms with Crippen molar-refractivity contribution in [2.24, 2.45) is 5.73 Å². The monoisotopic (exact) mass is 287 g/mol. The van der Waals surface area contributed by atoms with Gasteiger partial charge in [0.25, 0.3) is 5.91 Å². The molecule has 1 aliphatic heterocycles. The quantitative estimate of drug-likeness (QED) is 0.795. The van der Waals surface area contributed by atoms with Crippen LogP contribution in [-0.4, -0.2) is 5.91 Å². The first-order valence-corrected chi connectivity index (χ1v) is 6.19. The molecule has 1 heterocycles. The number of carbonyl (C=O) groups excluding carboxylic acids is 1. The Morgan fingerprint density at radius 2 is 1.76 bits per heavy atom. The van der Waals surface area contributed by atoms with Crippen molar-refractivity contribution >= 4 is 23.0 Å². The molecule has 0 atom stereocenters. The fourth-order valence-corrected chi connectivity index (χ4v) is 2.19. The Morgan fingerprint density at radius 3 is 2.43 bits per heavy atom. The van der Waals surface area contributed by atoms with E-state index in [4.69, 9.17) is 5.73 Å². The summed E-state index contributed by atoms with van der Waals surface area (Å²) in [6.45, 7) is 0. The number of nitrogens with two attached hydrogens (primary N) is 1. The number of nitrogens with one attached hydrogen (secondary N) is 2. The smallest absolute Gasteiger partial charge is 0.267 e. The largest absolute Gasteiger partial charge is 0.364 e. The minimum absolute atomic E-state index is 0.0544. The van der Waals surface area contributed by atoms with Crippen molar-refractivity contribution in [1.82, 2.24) is 0 Å². The summed E-state index contributed by atoms with van der Waals surface area (Å²) in [5, 5.41) is 5.50. The second kappa shape index (κ2) is 4.90. The second-order valence-corrected chi connectivity index (χ2v) is 4.54. The minimum Gasteiger partial charge on any atom is -0.364 e. The lowest BCUT2D eigenvalue weighted by Crippen LogP contribution is -2.27. The number of hydrogen-bond donors (Lipinski definition) is 3. The third-order valence-corrected chi connectivity index (χ3v) is 3.12. The summed E-state index contributed by atoms with van der Waals surface area (Å²) in [5.74, 6) is -2.22. The number of fused-ring (bicyclic) bond motifs is 1. The third-order valence-electron chi connectivity index (χ3n) is 3.12. The van der Waals surface area contributed by atoms with E-state index in [2.05, 4.69) is 10.6 Å². The van der Waals surface area contributed by atoms with Crippen molar-refractivity contribution in [3.8, 4) is 0 Å². The van der Waals surface area contributed by atoms with Crippen LogP contribution >= 0.6 is 0 Å². The molecule has 3 rings (SSSR count). The Hall–Kier alpha value is -2.89. The van der Waals surface area contributed by atoms with Crippen LogP contribution in [0.5, 0.6) is 0 Å². The molecule has 1 aliphatic rings. The molecule has 2 aromatic carbocycles. The number of amides is 1. The molecule has 0 spiro atoms. The van der Waals surface area contributed by atoms with E-state index in [1.807, 2.05) is 6.07 Å². The molecule has 2 aromatic rings. The van der Waals surface area contributed by atoms with Gasteiger partial charge in [0.2, 0.25) is 0 Å². The van der Waals surface area contributed by atoms with Crippen LogP contribution in [0.3, 0.4) is 0 Å². The zero-order chi connectivity index (χ0) is 15.0. The summed E-state index contributed by atoms with van der Waals surface area (Å²) in [4.78, 5) is 11.6. The van der Waals surface area contributed by atoms with Gasteiger partial charge in [0, 0.05) is 11.6 Å². The number of anilines is 2. The molecule has 0 fully saturated rings. The van der Waals surface area contributed by atoms with Gasteiger partial charge in [0.1, 0.15) is 11.5 Å². The SMILES string of the molecule is NC(=O)C1=C(c2ccccc2)Nc2c(F)cc(F)cc2N1. The maximum absolute atomic E-state index is 13.9. The van der Waals surface area contributed by atoms with Gasteiger partial charge in [-0.2, -0.15) is 0 Å². The van der Waals surface area contributed by atoms with Gasteiger partial charge in [0.15, 0.2) is 5.82 Å².